The molecule has 0 amide bonds. The maximum Gasteiger partial charge on any atom is 0.153 e. The van der Waals surface area contributed by atoms with Gasteiger partial charge in [-0.25, -0.2) is 0 Å². The van der Waals surface area contributed by atoms with Crippen molar-refractivity contribution in [1.82, 2.24) is 9.80 Å². The van der Waals surface area contributed by atoms with Crippen LogP contribution in [0.2, 0.25) is 0 Å². The van der Waals surface area contributed by atoms with Crippen molar-refractivity contribution in [3.05, 3.63) is 22.8 Å². The number of rotatable bonds is 6. The minimum Gasteiger partial charge on any atom is -0.395 e. The SMILES string of the molecule is C[C@H](C/C=C1\CCN(CCO)C1(C)C)[C@H]1CC[C@H]2C3=C(CC[C@]12C)[C@@]1(C)CC[C@H](N(C)C)C(=O)[C@@H]1CC3. The summed E-state index contributed by atoms with van der Waals surface area (Å²) in [7, 11) is 4.17. The molecule has 208 valence electrons. The summed E-state index contributed by atoms with van der Waals surface area (Å²) in [6, 6.07) is 0.125. The maximum atomic E-state index is 13.5. The van der Waals surface area contributed by atoms with Crippen molar-refractivity contribution in [2.75, 3.05) is 33.8 Å². The Kier molecular flexibility index (Phi) is 7.38. The van der Waals surface area contributed by atoms with Crippen LogP contribution >= 0.6 is 0 Å². The highest BCUT2D eigenvalue weighted by Gasteiger charge is 2.57. The maximum absolute atomic E-state index is 13.5. The number of ketones is 1. The molecule has 2 saturated carbocycles. The molecular weight excluding hydrogens is 456 g/mol. The van der Waals surface area contributed by atoms with Crippen LogP contribution in [0.5, 0.6) is 0 Å². The third kappa shape index (κ3) is 4.32. The zero-order valence-corrected chi connectivity index (χ0v) is 24.9. The molecule has 1 saturated heterocycles. The third-order valence-corrected chi connectivity index (χ3v) is 12.5. The largest absolute Gasteiger partial charge is 0.395 e. The van der Waals surface area contributed by atoms with E-state index in [0.717, 1.165) is 44.2 Å². The van der Waals surface area contributed by atoms with Gasteiger partial charge >= 0.3 is 0 Å². The van der Waals surface area contributed by atoms with E-state index >= 15 is 0 Å². The highest BCUT2D eigenvalue weighted by atomic mass is 16.3. The number of nitrogens with zero attached hydrogens (tertiary/aromatic N) is 2. The molecule has 0 aromatic heterocycles. The molecule has 37 heavy (non-hydrogen) atoms. The molecule has 5 rings (SSSR count). The Morgan fingerprint density at radius 1 is 1.03 bits per heavy atom. The number of hydrogen-bond donors (Lipinski definition) is 1. The number of fused-ring (bicyclic) bond motifs is 4. The van der Waals surface area contributed by atoms with Crippen LogP contribution in [0.25, 0.3) is 0 Å². The molecule has 1 N–H and O–H groups in total. The number of likely N-dealkylation sites (N-methyl/N-ethyl adjacent to an activating group) is 1. The molecule has 4 heteroatoms. The molecule has 0 bridgehead atoms. The Labute approximate surface area is 226 Å². The number of hydrogen-bond acceptors (Lipinski definition) is 4. The van der Waals surface area contributed by atoms with Gasteiger partial charge in [0.25, 0.3) is 0 Å². The number of aliphatic hydroxyl groups is 1. The van der Waals surface area contributed by atoms with Gasteiger partial charge in [0.15, 0.2) is 5.78 Å². The summed E-state index contributed by atoms with van der Waals surface area (Å²) in [6.45, 7) is 14.4. The molecule has 3 fully saturated rings. The van der Waals surface area contributed by atoms with Crippen LogP contribution in [0.4, 0.5) is 0 Å². The van der Waals surface area contributed by atoms with E-state index in [2.05, 4.69) is 64.6 Å². The van der Waals surface area contributed by atoms with Gasteiger partial charge in [-0.05, 0) is 121 Å². The van der Waals surface area contributed by atoms with E-state index in [1.807, 2.05) is 0 Å². The van der Waals surface area contributed by atoms with E-state index in [4.69, 9.17) is 0 Å². The van der Waals surface area contributed by atoms with Crippen LogP contribution in [0, 0.1) is 34.5 Å². The molecule has 0 spiro atoms. The normalized spacial score (nSPS) is 41.8. The van der Waals surface area contributed by atoms with Gasteiger partial charge in [-0.15, -0.1) is 0 Å². The lowest BCUT2D eigenvalue weighted by atomic mass is 9.50. The van der Waals surface area contributed by atoms with E-state index in [1.54, 1.807) is 16.7 Å². The molecule has 1 heterocycles. The van der Waals surface area contributed by atoms with Gasteiger partial charge < -0.3 is 5.11 Å². The molecule has 4 nitrogen and oxygen atoms in total. The van der Waals surface area contributed by atoms with Gasteiger partial charge in [-0.1, -0.05) is 43.6 Å². The van der Waals surface area contributed by atoms with E-state index < -0.39 is 0 Å². The molecule has 0 radical (unpaired) electrons. The average molecular weight is 511 g/mol. The second kappa shape index (κ2) is 9.89. The van der Waals surface area contributed by atoms with Crippen LogP contribution in [0.1, 0.15) is 98.8 Å². The fourth-order valence-electron chi connectivity index (χ4n) is 10.2. The Balaban J connectivity index is 1.33. The smallest absolute Gasteiger partial charge is 0.153 e. The molecule has 0 aromatic rings. The summed E-state index contributed by atoms with van der Waals surface area (Å²) in [5, 5.41) is 9.47. The Morgan fingerprint density at radius 2 is 1.78 bits per heavy atom. The summed E-state index contributed by atoms with van der Waals surface area (Å²) in [5.41, 5.74) is 5.70. The van der Waals surface area contributed by atoms with Gasteiger partial charge in [-0.3, -0.25) is 14.6 Å². The van der Waals surface area contributed by atoms with E-state index in [1.165, 1.54) is 44.9 Å². The summed E-state index contributed by atoms with van der Waals surface area (Å²) in [4.78, 5) is 18.1. The summed E-state index contributed by atoms with van der Waals surface area (Å²) < 4.78 is 0. The lowest BCUT2D eigenvalue weighted by molar-refractivity contribution is -0.135. The van der Waals surface area contributed by atoms with Crippen LogP contribution in [-0.4, -0.2) is 66.1 Å². The molecule has 5 aliphatic rings. The number of aliphatic hydroxyl groups excluding tert-OH is 1. The van der Waals surface area contributed by atoms with Crippen molar-refractivity contribution in [2.24, 2.45) is 34.5 Å². The van der Waals surface area contributed by atoms with Gasteiger partial charge in [-0.2, -0.15) is 0 Å². The summed E-state index contributed by atoms with van der Waals surface area (Å²) in [5.74, 6) is 2.99. The van der Waals surface area contributed by atoms with Crippen LogP contribution in [-0.2, 0) is 4.79 Å². The number of carbonyl (C=O) groups is 1. The molecule has 7 atom stereocenters. The first-order chi connectivity index (χ1) is 17.4. The third-order valence-electron chi connectivity index (χ3n) is 12.5. The molecule has 4 aliphatic carbocycles. The first-order valence-corrected chi connectivity index (χ1v) is 15.4. The highest BCUT2D eigenvalue weighted by Crippen LogP contribution is 2.65. The Morgan fingerprint density at radius 3 is 2.49 bits per heavy atom. The molecule has 0 aromatic carbocycles. The Hall–Kier alpha value is -0.970. The fourth-order valence-corrected chi connectivity index (χ4v) is 10.2. The fraction of sp³-hybridized carbons (Fsp3) is 0.848. The first-order valence-electron chi connectivity index (χ1n) is 15.4. The average Bonchev–Trinajstić information content (AvgIpc) is 3.33. The zero-order valence-electron chi connectivity index (χ0n) is 24.9. The number of β-amino-alcohol motifs (C(OH)–C–C–N with tert-alkyl or cyclic N) is 1. The second-order valence-corrected chi connectivity index (χ2v) is 14.6. The summed E-state index contributed by atoms with van der Waals surface area (Å²) >= 11 is 0. The number of Topliss-reactive ketones (excluding diaryl/α,β-unsaturated/α-hetero) is 1. The number of carbonyl (C=O) groups excluding carboxylic acids is 1. The first kappa shape index (κ1) is 27.6. The lowest BCUT2D eigenvalue weighted by Gasteiger charge is -2.55. The van der Waals surface area contributed by atoms with Crippen molar-refractivity contribution >= 4 is 5.78 Å². The van der Waals surface area contributed by atoms with Crippen LogP contribution in [0.3, 0.4) is 0 Å². The monoisotopic (exact) mass is 510 g/mol. The van der Waals surface area contributed by atoms with Crippen molar-refractivity contribution in [2.45, 2.75) is 110 Å². The summed E-state index contributed by atoms with van der Waals surface area (Å²) in [6.07, 6.45) is 14.6. The lowest BCUT2D eigenvalue weighted by Crippen LogP contribution is -2.53. The molecular formula is C33H54N2O2. The highest BCUT2D eigenvalue weighted by molar-refractivity contribution is 5.88. The van der Waals surface area contributed by atoms with Gasteiger partial charge in [0.1, 0.15) is 0 Å². The van der Waals surface area contributed by atoms with Crippen LogP contribution in [0.15, 0.2) is 22.8 Å². The van der Waals surface area contributed by atoms with Crippen molar-refractivity contribution in [3.63, 3.8) is 0 Å². The topological polar surface area (TPSA) is 43.8 Å². The van der Waals surface area contributed by atoms with Gasteiger partial charge in [0.2, 0.25) is 0 Å². The number of allylic oxidation sites excluding steroid dienone is 3. The van der Waals surface area contributed by atoms with Crippen LogP contribution < -0.4 is 0 Å². The Bertz CT molecular complexity index is 963. The second-order valence-electron chi connectivity index (χ2n) is 14.6. The predicted octanol–water partition coefficient (Wildman–Crippen LogP) is 6.25. The van der Waals surface area contributed by atoms with Crippen molar-refractivity contribution < 1.29 is 9.90 Å². The quantitative estimate of drug-likeness (QED) is 0.429. The standard InChI is InChI=1S/C33H54N2O2/c1-22(8-9-23-16-19-35(20-21-36)31(23,2)3)25-12-13-26-24-10-11-28-30(37)29(34(6)7)15-18-33(28,5)27(24)14-17-32(25,26)4/h9,22,25-26,28-29,36H,8,10-21H2,1-7H3/b23-9+/t22-,25-,26+,28+,29+,32-,33-/m1/s1. The molecule has 1 aliphatic heterocycles. The van der Waals surface area contributed by atoms with E-state index in [0.29, 0.717) is 17.1 Å². The minimum atomic E-state index is 0.0756. The van der Waals surface area contributed by atoms with Gasteiger partial charge in [0.05, 0.1) is 12.6 Å². The van der Waals surface area contributed by atoms with E-state index in [9.17, 15) is 9.90 Å². The minimum absolute atomic E-state index is 0.0756. The van der Waals surface area contributed by atoms with Crippen molar-refractivity contribution in [1.29, 1.82) is 0 Å². The van der Waals surface area contributed by atoms with Crippen molar-refractivity contribution in [3.8, 4) is 0 Å². The number of likely N-dealkylation sites (tertiary alicyclic amines) is 1. The van der Waals surface area contributed by atoms with Gasteiger partial charge in [0, 0.05) is 24.5 Å². The molecule has 0 unspecified atom stereocenters. The zero-order chi connectivity index (χ0) is 26.8. The van der Waals surface area contributed by atoms with E-state index in [-0.39, 0.29) is 29.5 Å². The predicted molar refractivity (Wildman–Crippen MR) is 152 cm³/mol.